The summed E-state index contributed by atoms with van der Waals surface area (Å²) >= 11 is 0. The maximum absolute atomic E-state index is 5.69. The van der Waals surface area contributed by atoms with Crippen LogP contribution >= 0.6 is 0 Å². The van der Waals surface area contributed by atoms with Gasteiger partial charge in [0.1, 0.15) is 0 Å². The Morgan fingerprint density at radius 3 is 3.00 bits per heavy atom. The zero-order valence-corrected chi connectivity index (χ0v) is 7.90. The summed E-state index contributed by atoms with van der Waals surface area (Å²) < 4.78 is 1.94. The topological polar surface area (TPSA) is 43.8 Å². The molecule has 13 heavy (non-hydrogen) atoms. The molecule has 1 heterocycles. The summed E-state index contributed by atoms with van der Waals surface area (Å²) in [5, 5.41) is 4.21. The van der Waals surface area contributed by atoms with Gasteiger partial charge in [-0.1, -0.05) is 11.6 Å². The first-order valence-electron chi connectivity index (χ1n) is 4.75. The van der Waals surface area contributed by atoms with E-state index in [1.165, 1.54) is 11.1 Å². The van der Waals surface area contributed by atoms with Crippen LogP contribution in [0.4, 0.5) is 0 Å². The minimum absolute atomic E-state index is 0.396. The SMILES string of the molecule is CCn1cc(C=C2CC(N)C2)cn1. The number of nitrogens with zero attached hydrogens (tertiary/aromatic N) is 2. The highest BCUT2D eigenvalue weighted by molar-refractivity contribution is 5.53. The maximum Gasteiger partial charge on any atom is 0.0562 e. The molecule has 0 saturated heterocycles. The van der Waals surface area contributed by atoms with E-state index in [-0.39, 0.29) is 0 Å². The van der Waals surface area contributed by atoms with Gasteiger partial charge < -0.3 is 5.73 Å². The molecule has 1 aromatic rings. The molecule has 3 heteroatoms. The molecule has 2 N–H and O–H groups in total. The van der Waals surface area contributed by atoms with Crippen LogP contribution in [0.5, 0.6) is 0 Å². The lowest BCUT2D eigenvalue weighted by molar-refractivity contribution is 0.547. The molecule has 1 aromatic heterocycles. The van der Waals surface area contributed by atoms with Crippen molar-refractivity contribution in [3.05, 3.63) is 23.5 Å². The van der Waals surface area contributed by atoms with E-state index in [0.717, 1.165) is 19.4 Å². The van der Waals surface area contributed by atoms with Crippen LogP contribution in [0.25, 0.3) is 6.08 Å². The van der Waals surface area contributed by atoms with Crippen LogP contribution < -0.4 is 5.73 Å². The van der Waals surface area contributed by atoms with Crippen LogP contribution in [-0.4, -0.2) is 15.8 Å². The Hall–Kier alpha value is -1.09. The van der Waals surface area contributed by atoms with Gasteiger partial charge in [0.15, 0.2) is 0 Å². The van der Waals surface area contributed by atoms with Crippen molar-refractivity contribution in [3.8, 4) is 0 Å². The Kier molecular flexibility index (Phi) is 2.19. The van der Waals surface area contributed by atoms with E-state index in [4.69, 9.17) is 5.73 Å². The molecule has 0 amide bonds. The normalized spacial score (nSPS) is 21.4. The Labute approximate surface area is 78.2 Å². The van der Waals surface area contributed by atoms with Gasteiger partial charge in [0.2, 0.25) is 0 Å². The largest absolute Gasteiger partial charge is 0.327 e. The molecule has 0 spiro atoms. The van der Waals surface area contributed by atoms with Gasteiger partial charge in [-0.05, 0) is 19.8 Å². The second kappa shape index (κ2) is 3.34. The third-order valence-electron chi connectivity index (χ3n) is 2.40. The number of rotatable bonds is 2. The number of hydrogen-bond acceptors (Lipinski definition) is 2. The van der Waals surface area contributed by atoms with E-state index in [1.807, 2.05) is 10.9 Å². The summed E-state index contributed by atoms with van der Waals surface area (Å²) in [5.74, 6) is 0. The molecule has 0 unspecified atom stereocenters. The molecule has 3 nitrogen and oxygen atoms in total. The van der Waals surface area contributed by atoms with Crippen molar-refractivity contribution in [2.24, 2.45) is 5.73 Å². The van der Waals surface area contributed by atoms with Crippen molar-refractivity contribution in [2.75, 3.05) is 0 Å². The number of aryl methyl sites for hydroxylation is 1. The van der Waals surface area contributed by atoms with Gasteiger partial charge in [-0.2, -0.15) is 5.10 Å². The lowest BCUT2D eigenvalue weighted by atomic mass is 9.86. The Bertz CT molecular complexity index is 317. The van der Waals surface area contributed by atoms with E-state index in [9.17, 15) is 0 Å². The highest BCUT2D eigenvalue weighted by Gasteiger charge is 2.18. The zero-order chi connectivity index (χ0) is 9.26. The molecule has 0 aromatic carbocycles. The van der Waals surface area contributed by atoms with Gasteiger partial charge in [-0.3, -0.25) is 4.68 Å². The van der Waals surface area contributed by atoms with Gasteiger partial charge in [-0.25, -0.2) is 0 Å². The lowest BCUT2D eigenvalue weighted by Gasteiger charge is -2.24. The fourth-order valence-corrected chi connectivity index (χ4v) is 1.59. The smallest absolute Gasteiger partial charge is 0.0562 e. The molecular formula is C10H15N3. The minimum Gasteiger partial charge on any atom is -0.327 e. The molecule has 0 radical (unpaired) electrons. The van der Waals surface area contributed by atoms with Crippen molar-refractivity contribution in [1.29, 1.82) is 0 Å². The minimum atomic E-state index is 0.396. The third kappa shape index (κ3) is 1.80. The van der Waals surface area contributed by atoms with Gasteiger partial charge in [0.05, 0.1) is 6.20 Å². The van der Waals surface area contributed by atoms with Crippen molar-refractivity contribution in [3.63, 3.8) is 0 Å². The van der Waals surface area contributed by atoms with E-state index in [0.29, 0.717) is 6.04 Å². The number of aromatic nitrogens is 2. The first kappa shape index (κ1) is 8.51. The number of nitrogens with two attached hydrogens (primary N) is 1. The van der Waals surface area contributed by atoms with E-state index in [2.05, 4.69) is 24.3 Å². The predicted octanol–water partition coefficient (Wildman–Crippen LogP) is 1.41. The van der Waals surface area contributed by atoms with Crippen LogP contribution in [-0.2, 0) is 6.54 Å². The van der Waals surface area contributed by atoms with Crippen molar-refractivity contribution < 1.29 is 0 Å². The van der Waals surface area contributed by atoms with E-state index >= 15 is 0 Å². The molecule has 1 fully saturated rings. The highest BCUT2D eigenvalue weighted by Crippen LogP contribution is 2.26. The summed E-state index contributed by atoms with van der Waals surface area (Å²) in [6, 6.07) is 0.396. The van der Waals surface area contributed by atoms with Crippen LogP contribution in [0.2, 0.25) is 0 Å². The Morgan fingerprint density at radius 1 is 1.69 bits per heavy atom. The van der Waals surface area contributed by atoms with E-state index in [1.54, 1.807) is 0 Å². The van der Waals surface area contributed by atoms with Gasteiger partial charge in [-0.15, -0.1) is 0 Å². The van der Waals surface area contributed by atoms with Gasteiger partial charge >= 0.3 is 0 Å². The molecule has 0 bridgehead atoms. The third-order valence-corrected chi connectivity index (χ3v) is 2.40. The average Bonchev–Trinajstić information content (AvgIpc) is 2.50. The highest BCUT2D eigenvalue weighted by atomic mass is 15.3. The van der Waals surface area contributed by atoms with Crippen LogP contribution in [0.3, 0.4) is 0 Å². The first-order valence-corrected chi connectivity index (χ1v) is 4.75. The maximum atomic E-state index is 5.69. The standard InChI is InChI=1S/C10H15N3/c1-2-13-7-9(6-12-13)3-8-4-10(11)5-8/h3,6-7,10H,2,4-5,11H2,1H3. The van der Waals surface area contributed by atoms with Gasteiger partial charge in [0, 0.05) is 24.3 Å². The molecule has 0 aliphatic heterocycles. The van der Waals surface area contributed by atoms with Crippen molar-refractivity contribution in [2.45, 2.75) is 32.4 Å². The number of hydrogen-bond donors (Lipinski definition) is 1. The van der Waals surface area contributed by atoms with Crippen LogP contribution in [0.15, 0.2) is 18.0 Å². The monoisotopic (exact) mass is 177 g/mol. The van der Waals surface area contributed by atoms with Crippen molar-refractivity contribution >= 4 is 6.08 Å². The summed E-state index contributed by atoms with van der Waals surface area (Å²) in [6.45, 7) is 3.02. The first-order chi connectivity index (χ1) is 6.28. The molecule has 1 saturated carbocycles. The predicted molar refractivity (Wildman–Crippen MR) is 53.1 cm³/mol. The average molecular weight is 177 g/mol. The Balaban J connectivity index is 2.05. The quantitative estimate of drug-likeness (QED) is 0.742. The second-order valence-electron chi connectivity index (χ2n) is 3.60. The van der Waals surface area contributed by atoms with E-state index < -0.39 is 0 Å². The molecule has 0 atom stereocenters. The fourth-order valence-electron chi connectivity index (χ4n) is 1.59. The van der Waals surface area contributed by atoms with Gasteiger partial charge in [0.25, 0.3) is 0 Å². The summed E-state index contributed by atoms with van der Waals surface area (Å²) in [4.78, 5) is 0. The Morgan fingerprint density at radius 2 is 2.46 bits per heavy atom. The summed E-state index contributed by atoms with van der Waals surface area (Å²) in [5.41, 5.74) is 8.34. The molecule has 70 valence electrons. The lowest BCUT2D eigenvalue weighted by Crippen LogP contribution is -2.29. The second-order valence-corrected chi connectivity index (χ2v) is 3.60. The van der Waals surface area contributed by atoms with Crippen LogP contribution in [0, 0.1) is 0 Å². The molecule has 1 aliphatic carbocycles. The summed E-state index contributed by atoms with van der Waals surface area (Å²) in [7, 11) is 0. The fraction of sp³-hybridized carbons (Fsp3) is 0.500. The zero-order valence-electron chi connectivity index (χ0n) is 7.90. The molecule has 2 rings (SSSR count). The van der Waals surface area contributed by atoms with Crippen molar-refractivity contribution in [1.82, 2.24) is 9.78 Å². The molecule has 1 aliphatic rings. The molecular weight excluding hydrogens is 162 g/mol. The summed E-state index contributed by atoms with van der Waals surface area (Å²) in [6.07, 6.45) is 8.27. The van der Waals surface area contributed by atoms with Crippen LogP contribution in [0.1, 0.15) is 25.3 Å².